The quantitative estimate of drug-likeness (QED) is 0.484. The van der Waals surface area contributed by atoms with Crippen molar-refractivity contribution in [3.8, 4) is 0 Å². The zero-order valence-corrected chi connectivity index (χ0v) is 18.4. The number of hydrogen-bond acceptors (Lipinski definition) is 2. The van der Waals surface area contributed by atoms with Crippen molar-refractivity contribution < 1.29 is 9.53 Å². The lowest BCUT2D eigenvalue weighted by Gasteiger charge is -2.47. The largest absolute Gasteiger partial charge is 0.458 e. The van der Waals surface area contributed by atoms with E-state index < -0.39 is 0 Å². The van der Waals surface area contributed by atoms with Crippen LogP contribution in [0, 0.1) is 29.6 Å². The van der Waals surface area contributed by atoms with Crippen LogP contribution in [0.2, 0.25) is 0 Å². The van der Waals surface area contributed by atoms with Gasteiger partial charge in [0.15, 0.2) is 0 Å². The van der Waals surface area contributed by atoms with Crippen molar-refractivity contribution >= 4 is 5.97 Å². The zero-order valence-electron chi connectivity index (χ0n) is 18.4. The number of rotatable bonds is 5. The van der Waals surface area contributed by atoms with Crippen LogP contribution in [0.4, 0.5) is 0 Å². The Kier molecular flexibility index (Phi) is 7.32. The minimum atomic E-state index is -0.110. The molecule has 0 heterocycles. The van der Waals surface area contributed by atoms with Crippen LogP contribution in [0.25, 0.3) is 0 Å². The van der Waals surface area contributed by atoms with Gasteiger partial charge in [0.25, 0.3) is 0 Å². The van der Waals surface area contributed by atoms with Gasteiger partial charge >= 0.3 is 5.97 Å². The van der Waals surface area contributed by atoms with E-state index in [1.165, 1.54) is 77.0 Å². The third-order valence-electron chi connectivity index (χ3n) is 8.26. The molecule has 3 saturated carbocycles. The van der Waals surface area contributed by atoms with Crippen LogP contribution < -0.4 is 0 Å². The van der Waals surface area contributed by atoms with Crippen LogP contribution in [-0.2, 0) is 4.74 Å². The molecule has 4 rings (SSSR count). The summed E-state index contributed by atoms with van der Waals surface area (Å²) >= 11 is 0. The van der Waals surface area contributed by atoms with Crippen molar-refractivity contribution in [3.63, 3.8) is 0 Å². The van der Waals surface area contributed by atoms with E-state index in [9.17, 15) is 4.79 Å². The van der Waals surface area contributed by atoms with Crippen molar-refractivity contribution in [2.24, 2.45) is 29.6 Å². The predicted octanol–water partition coefficient (Wildman–Crippen LogP) is 7.43. The van der Waals surface area contributed by atoms with E-state index in [1.54, 1.807) is 0 Å². The first kappa shape index (κ1) is 20.9. The Morgan fingerprint density at radius 1 is 0.828 bits per heavy atom. The highest BCUT2D eigenvalue weighted by Crippen LogP contribution is 2.49. The summed E-state index contributed by atoms with van der Waals surface area (Å²) in [6.45, 7) is 2.34. The SMILES string of the molecule is C[C@@H]1CC[C@@H](C(C2CCCCC2)C2CCCCC2)[C@H](OC(=O)c2ccccc2)C1. The zero-order chi connectivity index (χ0) is 20.1. The van der Waals surface area contributed by atoms with Gasteiger partial charge in [0.1, 0.15) is 6.10 Å². The van der Waals surface area contributed by atoms with Crippen LogP contribution in [0.3, 0.4) is 0 Å². The average molecular weight is 397 g/mol. The van der Waals surface area contributed by atoms with E-state index in [1.807, 2.05) is 30.3 Å². The molecular formula is C27H40O2. The van der Waals surface area contributed by atoms with Gasteiger partial charge in [0.2, 0.25) is 0 Å². The van der Waals surface area contributed by atoms with E-state index >= 15 is 0 Å². The first-order chi connectivity index (χ1) is 14.2. The maximum atomic E-state index is 12.9. The lowest BCUT2D eigenvalue weighted by molar-refractivity contribution is -0.0499. The van der Waals surface area contributed by atoms with Crippen LogP contribution in [0.15, 0.2) is 30.3 Å². The Hall–Kier alpha value is -1.31. The number of benzene rings is 1. The number of carbonyl (C=O) groups is 1. The van der Waals surface area contributed by atoms with Gasteiger partial charge in [-0.1, -0.05) is 95.8 Å². The minimum Gasteiger partial charge on any atom is -0.458 e. The second kappa shape index (κ2) is 10.1. The molecule has 0 saturated heterocycles. The van der Waals surface area contributed by atoms with Gasteiger partial charge in [-0.2, -0.15) is 0 Å². The summed E-state index contributed by atoms with van der Waals surface area (Å²) in [6.07, 6.45) is 17.8. The molecule has 0 bridgehead atoms. The molecule has 1 aromatic rings. The molecule has 0 spiro atoms. The first-order valence-electron chi connectivity index (χ1n) is 12.5. The molecule has 3 aliphatic carbocycles. The third-order valence-corrected chi connectivity index (χ3v) is 8.26. The lowest BCUT2D eigenvalue weighted by atomic mass is 9.60. The number of ether oxygens (including phenoxy) is 1. The van der Waals surface area contributed by atoms with Crippen LogP contribution >= 0.6 is 0 Å². The van der Waals surface area contributed by atoms with Crippen molar-refractivity contribution in [1.82, 2.24) is 0 Å². The standard InChI is InChI=1S/C27H40O2/c1-20-17-18-24(25(19-20)29-27(28)23-15-9-4-10-16-23)26(21-11-5-2-6-12-21)22-13-7-3-8-14-22/h4,9-10,15-16,20-22,24-26H,2-3,5-8,11-14,17-19H2,1H3/t20-,24-,25-/m1/s1. The number of carbonyl (C=O) groups excluding carboxylic acids is 1. The van der Waals surface area contributed by atoms with Gasteiger partial charge < -0.3 is 4.74 Å². The molecular weight excluding hydrogens is 356 g/mol. The topological polar surface area (TPSA) is 26.3 Å². The molecule has 3 fully saturated rings. The summed E-state index contributed by atoms with van der Waals surface area (Å²) in [7, 11) is 0. The van der Waals surface area contributed by atoms with Gasteiger partial charge in [-0.15, -0.1) is 0 Å². The number of esters is 1. The molecule has 0 N–H and O–H groups in total. The maximum Gasteiger partial charge on any atom is 0.338 e. The van der Waals surface area contributed by atoms with Gasteiger partial charge in [-0.05, 0) is 54.6 Å². The summed E-state index contributed by atoms with van der Waals surface area (Å²) in [4.78, 5) is 12.9. The fraction of sp³-hybridized carbons (Fsp3) is 0.741. The maximum absolute atomic E-state index is 12.9. The van der Waals surface area contributed by atoms with Crippen LogP contribution in [0.5, 0.6) is 0 Å². The summed E-state index contributed by atoms with van der Waals surface area (Å²) < 4.78 is 6.28. The summed E-state index contributed by atoms with van der Waals surface area (Å²) in [5.41, 5.74) is 0.705. The van der Waals surface area contributed by atoms with E-state index in [-0.39, 0.29) is 12.1 Å². The van der Waals surface area contributed by atoms with Gasteiger partial charge in [0, 0.05) is 0 Å². The molecule has 29 heavy (non-hydrogen) atoms. The van der Waals surface area contributed by atoms with Crippen molar-refractivity contribution in [1.29, 1.82) is 0 Å². The molecule has 1 aromatic carbocycles. The Morgan fingerprint density at radius 2 is 1.41 bits per heavy atom. The second-order valence-electron chi connectivity index (χ2n) is 10.3. The highest BCUT2D eigenvalue weighted by atomic mass is 16.5. The van der Waals surface area contributed by atoms with Gasteiger partial charge in [0.05, 0.1) is 5.56 Å². The predicted molar refractivity (Wildman–Crippen MR) is 119 cm³/mol. The Bertz CT molecular complexity index is 609. The van der Waals surface area contributed by atoms with Gasteiger partial charge in [-0.25, -0.2) is 4.79 Å². The van der Waals surface area contributed by atoms with E-state index in [4.69, 9.17) is 4.74 Å². The molecule has 3 atom stereocenters. The van der Waals surface area contributed by atoms with Crippen molar-refractivity contribution in [2.45, 2.75) is 96.5 Å². The Morgan fingerprint density at radius 3 is 2.00 bits per heavy atom. The fourth-order valence-corrected chi connectivity index (χ4v) is 6.83. The van der Waals surface area contributed by atoms with Crippen molar-refractivity contribution in [3.05, 3.63) is 35.9 Å². The van der Waals surface area contributed by atoms with Crippen LogP contribution in [-0.4, -0.2) is 12.1 Å². The van der Waals surface area contributed by atoms with E-state index in [2.05, 4.69) is 6.92 Å². The molecule has 0 amide bonds. The average Bonchev–Trinajstić information content (AvgIpc) is 2.77. The Balaban J connectivity index is 1.55. The molecule has 0 radical (unpaired) electrons. The fourth-order valence-electron chi connectivity index (χ4n) is 6.83. The molecule has 2 nitrogen and oxygen atoms in total. The normalized spacial score (nSPS) is 29.7. The molecule has 0 aromatic heterocycles. The van der Waals surface area contributed by atoms with E-state index in [0.717, 1.165) is 24.2 Å². The third kappa shape index (κ3) is 5.25. The van der Waals surface area contributed by atoms with Gasteiger partial charge in [-0.3, -0.25) is 0 Å². The Labute approximate surface area is 177 Å². The summed E-state index contributed by atoms with van der Waals surface area (Å²) in [5, 5.41) is 0. The first-order valence-corrected chi connectivity index (χ1v) is 12.5. The second-order valence-corrected chi connectivity index (χ2v) is 10.3. The molecule has 0 unspecified atom stereocenters. The van der Waals surface area contributed by atoms with Crippen molar-refractivity contribution in [2.75, 3.05) is 0 Å². The molecule has 2 heteroatoms. The van der Waals surface area contributed by atoms with Crippen LogP contribution in [0.1, 0.15) is 101 Å². The monoisotopic (exact) mass is 396 g/mol. The molecule has 160 valence electrons. The van der Waals surface area contributed by atoms with E-state index in [0.29, 0.717) is 17.4 Å². The minimum absolute atomic E-state index is 0.110. The molecule has 3 aliphatic rings. The molecule has 0 aliphatic heterocycles. The number of hydrogen-bond donors (Lipinski definition) is 0. The summed E-state index contributed by atoms with van der Waals surface area (Å²) in [5.74, 6) is 3.63. The highest BCUT2D eigenvalue weighted by Gasteiger charge is 2.43. The lowest BCUT2D eigenvalue weighted by Crippen LogP contribution is -2.43. The summed E-state index contributed by atoms with van der Waals surface area (Å²) in [6, 6.07) is 9.62. The highest BCUT2D eigenvalue weighted by molar-refractivity contribution is 5.89. The smallest absolute Gasteiger partial charge is 0.338 e.